The Bertz CT molecular complexity index is 1100. The number of hydrogen-bond acceptors (Lipinski definition) is 3. The average Bonchev–Trinajstić information content (AvgIpc) is 3.39. The first-order chi connectivity index (χ1) is 14.3. The minimum absolute atomic E-state index is 0.0725. The summed E-state index contributed by atoms with van der Waals surface area (Å²) in [4.78, 5) is 24.9. The second-order valence-electron chi connectivity index (χ2n) is 6.97. The maximum absolute atomic E-state index is 12.5. The molecule has 1 fully saturated rings. The first kappa shape index (κ1) is 20.7. The fraction of sp³-hybridized carbons (Fsp3) is 0.130. The number of ketones is 1. The number of nitrogens with one attached hydrogen (secondary N) is 1. The van der Waals surface area contributed by atoms with Crippen LogP contribution in [0.1, 0.15) is 22.3 Å². The van der Waals surface area contributed by atoms with Gasteiger partial charge in [0, 0.05) is 16.1 Å². The van der Waals surface area contributed by atoms with Gasteiger partial charge in [0.2, 0.25) is 5.91 Å². The number of benzene rings is 3. The highest BCUT2D eigenvalue weighted by Crippen LogP contribution is 2.53. The molecule has 7 heteroatoms. The van der Waals surface area contributed by atoms with Crippen LogP contribution in [0.3, 0.4) is 0 Å². The Hall–Kier alpha value is -2.53. The number of halogens is 3. The number of carbonyl (C=O) groups is 2. The van der Waals surface area contributed by atoms with Gasteiger partial charge in [-0.15, -0.1) is 23.2 Å². The quantitative estimate of drug-likeness (QED) is 0.337. The van der Waals surface area contributed by atoms with Gasteiger partial charge in [-0.2, -0.15) is 0 Å². The largest absolute Gasteiger partial charge is 0.455 e. The van der Waals surface area contributed by atoms with Gasteiger partial charge in [-0.05, 0) is 48.9 Å². The monoisotopic (exact) mass is 459 g/mol. The molecule has 0 bridgehead atoms. The van der Waals surface area contributed by atoms with Crippen molar-refractivity contribution in [3.8, 4) is 11.5 Å². The minimum Gasteiger partial charge on any atom is -0.455 e. The maximum Gasteiger partial charge on any atom is 0.230 e. The minimum atomic E-state index is -1.02. The van der Waals surface area contributed by atoms with E-state index in [1.54, 1.807) is 54.6 Å². The van der Waals surface area contributed by atoms with Crippen LogP contribution >= 0.6 is 34.8 Å². The van der Waals surface area contributed by atoms with Crippen LogP contribution < -0.4 is 10.1 Å². The molecule has 3 aromatic carbocycles. The molecule has 1 aliphatic rings. The molecular weight excluding hydrogens is 445 g/mol. The lowest BCUT2D eigenvalue weighted by molar-refractivity contribution is -0.117. The van der Waals surface area contributed by atoms with Crippen LogP contribution in [0, 0.1) is 5.92 Å². The predicted octanol–water partition coefficient (Wildman–Crippen LogP) is 6.50. The molecule has 4 rings (SSSR count). The molecule has 1 aliphatic carbocycles. The van der Waals surface area contributed by atoms with Crippen molar-refractivity contribution in [3.63, 3.8) is 0 Å². The van der Waals surface area contributed by atoms with Crippen LogP contribution in [-0.2, 0) is 4.79 Å². The maximum atomic E-state index is 12.5. The normalized spacial score (nSPS) is 16.6. The summed E-state index contributed by atoms with van der Waals surface area (Å²) in [7, 11) is 0. The van der Waals surface area contributed by atoms with Crippen molar-refractivity contribution in [1.29, 1.82) is 0 Å². The van der Waals surface area contributed by atoms with Gasteiger partial charge < -0.3 is 10.1 Å². The number of amides is 1. The third-order valence-corrected chi connectivity index (χ3v) is 5.79. The number of anilines is 1. The standard InChI is InChI=1S/C23H16Cl3NO3/c24-16-8-11-20(19(12-16)27-22(29)18-13-23(18,25)26)30-17-9-6-15(7-10-17)21(28)14-4-2-1-3-5-14/h1-12,18H,13H2,(H,27,29)/t18-/m0/s1. The van der Waals surface area contributed by atoms with Crippen LogP contribution in [-0.4, -0.2) is 16.0 Å². The second-order valence-corrected chi connectivity index (χ2v) is 8.95. The third kappa shape index (κ3) is 4.62. The summed E-state index contributed by atoms with van der Waals surface area (Å²) in [6.45, 7) is 0. The summed E-state index contributed by atoms with van der Waals surface area (Å²) in [6.07, 6.45) is 0.398. The summed E-state index contributed by atoms with van der Waals surface area (Å²) >= 11 is 18.0. The highest BCUT2D eigenvalue weighted by Gasteiger charge is 2.56. The molecule has 0 unspecified atom stereocenters. The summed E-state index contributed by atoms with van der Waals surface area (Å²) in [5, 5.41) is 3.21. The molecule has 0 saturated heterocycles. The van der Waals surface area contributed by atoms with E-state index in [9.17, 15) is 9.59 Å². The van der Waals surface area contributed by atoms with E-state index < -0.39 is 10.3 Å². The Morgan fingerprint density at radius 3 is 2.20 bits per heavy atom. The average molecular weight is 461 g/mol. The van der Waals surface area contributed by atoms with Crippen molar-refractivity contribution in [2.75, 3.05) is 5.32 Å². The van der Waals surface area contributed by atoms with E-state index in [0.29, 0.717) is 39.8 Å². The Kier molecular flexibility index (Phi) is 5.74. The van der Waals surface area contributed by atoms with Gasteiger partial charge in [-0.25, -0.2) is 0 Å². The van der Waals surface area contributed by atoms with Gasteiger partial charge in [0.25, 0.3) is 0 Å². The van der Waals surface area contributed by atoms with Gasteiger partial charge in [0.15, 0.2) is 11.5 Å². The lowest BCUT2D eigenvalue weighted by Gasteiger charge is -2.13. The van der Waals surface area contributed by atoms with Crippen molar-refractivity contribution in [3.05, 3.63) is 88.9 Å². The van der Waals surface area contributed by atoms with Gasteiger partial charge in [-0.3, -0.25) is 9.59 Å². The first-order valence-corrected chi connectivity index (χ1v) is 10.3. The third-order valence-electron chi connectivity index (χ3n) is 4.72. The van der Waals surface area contributed by atoms with E-state index in [0.717, 1.165) is 0 Å². The van der Waals surface area contributed by atoms with Crippen molar-refractivity contribution < 1.29 is 14.3 Å². The molecule has 4 nitrogen and oxygen atoms in total. The van der Waals surface area contributed by atoms with E-state index >= 15 is 0 Å². The van der Waals surface area contributed by atoms with Crippen LogP contribution in [0.5, 0.6) is 11.5 Å². The molecular formula is C23H16Cl3NO3. The lowest BCUT2D eigenvalue weighted by Crippen LogP contribution is -2.17. The van der Waals surface area contributed by atoms with E-state index in [1.165, 1.54) is 0 Å². The molecule has 0 radical (unpaired) electrons. The SMILES string of the molecule is O=C(c1ccccc1)c1ccc(Oc2ccc(Cl)cc2NC(=O)[C@@H]2CC2(Cl)Cl)cc1. The fourth-order valence-electron chi connectivity index (χ4n) is 2.96. The summed E-state index contributed by atoms with van der Waals surface area (Å²) in [5.74, 6) is 0.0710. The molecule has 0 spiro atoms. The van der Waals surface area contributed by atoms with Gasteiger partial charge in [-0.1, -0.05) is 41.9 Å². The van der Waals surface area contributed by atoms with Gasteiger partial charge in [0.05, 0.1) is 11.6 Å². The molecule has 152 valence electrons. The van der Waals surface area contributed by atoms with Crippen molar-refractivity contribution in [2.45, 2.75) is 10.8 Å². The van der Waals surface area contributed by atoms with Crippen LogP contribution in [0.2, 0.25) is 5.02 Å². The van der Waals surface area contributed by atoms with Gasteiger partial charge >= 0.3 is 0 Å². The zero-order valence-electron chi connectivity index (χ0n) is 15.6. The van der Waals surface area contributed by atoms with Crippen LogP contribution in [0.15, 0.2) is 72.8 Å². The molecule has 1 N–H and O–H groups in total. The molecule has 1 amide bonds. The number of hydrogen-bond donors (Lipinski definition) is 1. The van der Waals surface area contributed by atoms with E-state index in [2.05, 4.69) is 5.32 Å². The van der Waals surface area contributed by atoms with Crippen molar-refractivity contribution in [1.82, 2.24) is 0 Å². The topological polar surface area (TPSA) is 55.4 Å². The van der Waals surface area contributed by atoms with Crippen LogP contribution in [0.4, 0.5) is 5.69 Å². The lowest BCUT2D eigenvalue weighted by atomic mass is 10.0. The van der Waals surface area contributed by atoms with Crippen molar-refractivity contribution in [2.24, 2.45) is 5.92 Å². The number of carbonyl (C=O) groups excluding carboxylic acids is 2. The molecule has 0 aromatic heterocycles. The zero-order chi connectivity index (χ0) is 21.3. The first-order valence-electron chi connectivity index (χ1n) is 9.19. The molecule has 30 heavy (non-hydrogen) atoms. The zero-order valence-corrected chi connectivity index (χ0v) is 17.8. The molecule has 1 saturated carbocycles. The number of rotatable bonds is 6. The highest BCUT2D eigenvalue weighted by atomic mass is 35.5. The highest BCUT2D eigenvalue weighted by molar-refractivity contribution is 6.52. The van der Waals surface area contributed by atoms with Gasteiger partial charge in [0.1, 0.15) is 10.1 Å². The predicted molar refractivity (Wildman–Crippen MR) is 119 cm³/mol. The van der Waals surface area contributed by atoms with E-state index in [1.807, 2.05) is 18.2 Å². The molecule has 0 aliphatic heterocycles. The van der Waals surface area contributed by atoms with Crippen LogP contribution in [0.25, 0.3) is 0 Å². The smallest absolute Gasteiger partial charge is 0.230 e. The Balaban J connectivity index is 1.50. The van der Waals surface area contributed by atoms with E-state index in [-0.39, 0.29) is 11.7 Å². The Morgan fingerprint density at radius 2 is 1.57 bits per heavy atom. The Labute approximate surface area is 188 Å². The molecule has 1 atom stereocenters. The van der Waals surface area contributed by atoms with Crippen molar-refractivity contribution >= 4 is 52.2 Å². The summed E-state index contributed by atoms with van der Waals surface area (Å²) in [6, 6.07) is 20.7. The molecule has 0 heterocycles. The summed E-state index contributed by atoms with van der Waals surface area (Å²) < 4.78 is 4.88. The fourth-order valence-corrected chi connectivity index (χ4v) is 3.64. The second kappa shape index (κ2) is 8.31. The summed E-state index contributed by atoms with van der Waals surface area (Å²) in [5.41, 5.74) is 1.57. The number of alkyl halides is 2. The number of ether oxygens (including phenoxy) is 1. The van der Waals surface area contributed by atoms with E-state index in [4.69, 9.17) is 39.5 Å². The molecule has 3 aromatic rings. The Morgan fingerprint density at radius 1 is 0.933 bits per heavy atom.